The van der Waals surface area contributed by atoms with Crippen LogP contribution in [0.15, 0.2) is 36.5 Å². The maximum atomic E-state index is 12.8. The van der Waals surface area contributed by atoms with Crippen molar-refractivity contribution in [2.75, 3.05) is 19.8 Å². The molecule has 1 amide bonds. The zero-order chi connectivity index (χ0) is 41.9. The number of amides is 1. The molecule has 0 rings (SSSR count). The third-order valence-electron chi connectivity index (χ3n) is 10.5. The average Bonchev–Trinajstić information content (AvgIpc) is 3.19. The Bertz CT molecular complexity index is 1010. The van der Waals surface area contributed by atoms with E-state index in [-0.39, 0.29) is 19.6 Å². The Kier molecular flexibility index (Phi) is 41.8. The van der Waals surface area contributed by atoms with E-state index < -0.39 is 38.6 Å². The average molecular weight is 827 g/mol. The Hall–Kier alpha value is -1.32. The summed E-state index contributed by atoms with van der Waals surface area (Å²) < 4.78 is 22.1. The number of nitrogens with one attached hydrogen (secondary N) is 1. The van der Waals surface area contributed by atoms with E-state index in [1.54, 1.807) is 6.08 Å². The lowest BCUT2D eigenvalue weighted by molar-refractivity contribution is -0.124. The van der Waals surface area contributed by atoms with E-state index in [0.717, 1.165) is 44.9 Å². The number of carbonyl (C=O) groups excluding carboxylic acids is 1. The van der Waals surface area contributed by atoms with Crippen LogP contribution >= 0.6 is 7.82 Å². The van der Waals surface area contributed by atoms with E-state index >= 15 is 0 Å². The monoisotopic (exact) mass is 827 g/mol. The maximum absolute atomic E-state index is 12.8. The first kappa shape index (κ1) is 55.7. The van der Waals surface area contributed by atoms with Crippen LogP contribution in [-0.2, 0) is 18.4 Å². The molecule has 0 radical (unpaired) electrons. The van der Waals surface area contributed by atoms with E-state index in [2.05, 4.69) is 43.5 Å². The molecular weight excluding hydrogens is 735 g/mol. The lowest BCUT2D eigenvalue weighted by Gasteiger charge is -2.24. The first-order valence-corrected chi connectivity index (χ1v) is 25.2. The van der Waals surface area contributed by atoms with Gasteiger partial charge in [-0.15, -0.1) is 0 Å². The van der Waals surface area contributed by atoms with Gasteiger partial charge in [0.1, 0.15) is 0 Å². The van der Waals surface area contributed by atoms with Crippen molar-refractivity contribution in [3.8, 4) is 0 Å². The van der Waals surface area contributed by atoms with Gasteiger partial charge in [-0.2, -0.15) is 0 Å². The first-order valence-electron chi connectivity index (χ1n) is 23.7. The van der Waals surface area contributed by atoms with Crippen LogP contribution in [0.4, 0.5) is 0 Å². The molecule has 9 nitrogen and oxygen atoms in total. The smallest absolute Gasteiger partial charge is 0.393 e. The normalized spacial score (nSPS) is 14.8. The molecule has 0 aliphatic rings. The fourth-order valence-corrected chi connectivity index (χ4v) is 7.67. The predicted molar refractivity (Wildman–Crippen MR) is 241 cm³/mol. The van der Waals surface area contributed by atoms with Gasteiger partial charge in [0.2, 0.25) is 5.91 Å². The van der Waals surface area contributed by atoms with Crippen molar-refractivity contribution in [3.63, 3.8) is 0 Å². The number of aliphatic hydroxyl groups excluding tert-OH is 2. The summed E-state index contributed by atoms with van der Waals surface area (Å²) in [6, 6.07) is -1.00. The standard InChI is InChI=1S/C47H91N2O7P/c1-3-5-7-9-11-13-15-17-19-21-22-23-24-26-28-30-32-34-36-38-44(50)42-47(52)49-45(43-56-57(53,54)55-41-40-48)46(51)39-37-35-33-31-29-27-25-20-18-16-14-12-10-8-6-4-2/h18,20,29,31,37,39,44-46,50-51H,3-17,19,21-28,30,32-36,38,40-43,48H2,1-2H3,(H,49,52)(H,53,54)/b20-18+,31-29+,39-37+. The quantitative estimate of drug-likeness (QED) is 0.0231. The van der Waals surface area contributed by atoms with E-state index in [1.807, 2.05) is 6.08 Å². The summed E-state index contributed by atoms with van der Waals surface area (Å²) in [4.78, 5) is 22.8. The highest BCUT2D eigenvalue weighted by molar-refractivity contribution is 7.47. The Morgan fingerprint density at radius 2 is 1.00 bits per heavy atom. The number of hydrogen-bond acceptors (Lipinski definition) is 7. The topological polar surface area (TPSA) is 151 Å². The van der Waals surface area contributed by atoms with Gasteiger partial charge in [-0.1, -0.05) is 204 Å². The summed E-state index contributed by atoms with van der Waals surface area (Å²) in [5.41, 5.74) is 5.37. The molecule has 4 atom stereocenters. The van der Waals surface area contributed by atoms with Crippen molar-refractivity contribution in [1.82, 2.24) is 5.32 Å². The second kappa shape index (κ2) is 42.8. The Balaban J connectivity index is 4.29. The molecule has 0 aliphatic carbocycles. The van der Waals surface area contributed by atoms with Crippen LogP contribution in [0.2, 0.25) is 0 Å². The van der Waals surface area contributed by atoms with Crippen LogP contribution in [0.1, 0.15) is 219 Å². The summed E-state index contributed by atoms with van der Waals surface area (Å²) in [7, 11) is -4.41. The molecule has 4 unspecified atom stereocenters. The van der Waals surface area contributed by atoms with Gasteiger partial charge in [0.25, 0.3) is 0 Å². The Morgan fingerprint density at radius 3 is 1.46 bits per heavy atom. The van der Waals surface area contributed by atoms with Crippen molar-refractivity contribution < 1.29 is 33.5 Å². The second-order valence-electron chi connectivity index (χ2n) is 16.1. The fraction of sp³-hybridized carbons (Fsp3) is 0.851. The van der Waals surface area contributed by atoms with Gasteiger partial charge in [-0.3, -0.25) is 13.8 Å². The molecule has 0 aromatic carbocycles. The number of nitrogens with two attached hydrogens (primary N) is 1. The number of hydrogen-bond donors (Lipinski definition) is 5. The number of aliphatic hydroxyl groups is 2. The lowest BCUT2D eigenvalue weighted by atomic mass is 10.0. The van der Waals surface area contributed by atoms with E-state index in [1.165, 1.54) is 141 Å². The minimum Gasteiger partial charge on any atom is -0.393 e. The van der Waals surface area contributed by atoms with Gasteiger partial charge in [0, 0.05) is 6.54 Å². The zero-order valence-electron chi connectivity index (χ0n) is 36.9. The predicted octanol–water partition coefficient (Wildman–Crippen LogP) is 12.5. The summed E-state index contributed by atoms with van der Waals surface area (Å²) in [5, 5.41) is 24.1. The molecule has 0 heterocycles. The van der Waals surface area contributed by atoms with E-state index in [0.29, 0.717) is 12.8 Å². The van der Waals surface area contributed by atoms with Gasteiger partial charge in [0.05, 0.1) is 37.9 Å². The molecule has 0 saturated carbocycles. The molecule has 0 fully saturated rings. The van der Waals surface area contributed by atoms with Gasteiger partial charge in [0.15, 0.2) is 0 Å². The summed E-state index contributed by atoms with van der Waals surface area (Å²) in [6.07, 6.45) is 48.1. The van der Waals surface area contributed by atoms with Crippen LogP contribution < -0.4 is 11.1 Å². The van der Waals surface area contributed by atoms with E-state index in [4.69, 9.17) is 14.8 Å². The van der Waals surface area contributed by atoms with Crippen LogP contribution in [0.25, 0.3) is 0 Å². The van der Waals surface area contributed by atoms with Gasteiger partial charge >= 0.3 is 7.82 Å². The third kappa shape index (κ3) is 41.2. The minimum absolute atomic E-state index is 0.0429. The lowest BCUT2D eigenvalue weighted by Crippen LogP contribution is -2.46. The maximum Gasteiger partial charge on any atom is 0.472 e. The number of unbranched alkanes of at least 4 members (excludes halogenated alkanes) is 26. The minimum atomic E-state index is -4.41. The largest absolute Gasteiger partial charge is 0.472 e. The van der Waals surface area contributed by atoms with Crippen LogP contribution in [0.5, 0.6) is 0 Å². The molecule has 10 heteroatoms. The molecule has 0 bridgehead atoms. The first-order chi connectivity index (χ1) is 27.8. The Morgan fingerprint density at radius 1 is 0.596 bits per heavy atom. The molecule has 0 saturated heterocycles. The molecule has 57 heavy (non-hydrogen) atoms. The fourth-order valence-electron chi connectivity index (χ4n) is 6.91. The molecular formula is C47H91N2O7P. The van der Waals surface area contributed by atoms with Crippen LogP contribution in [0, 0.1) is 0 Å². The number of phosphoric ester groups is 1. The van der Waals surface area contributed by atoms with Gasteiger partial charge < -0.3 is 26.2 Å². The highest BCUT2D eigenvalue weighted by atomic mass is 31.2. The van der Waals surface area contributed by atoms with Crippen LogP contribution in [-0.4, -0.2) is 59.0 Å². The van der Waals surface area contributed by atoms with Crippen molar-refractivity contribution in [2.45, 2.75) is 238 Å². The van der Waals surface area contributed by atoms with Gasteiger partial charge in [-0.25, -0.2) is 4.57 Å². The third-order valence-corrected chi connectivity index (χ3v) is 11.5. The number of carbonyl (C=O) groups is 1. The number of phosphoric acid groups is 1. The van der Waals surface area contributed by atoms with Crippen LogP contribution in [0.3, 0.4) is 0 Å². The highest BCUT2D eigenvalue weighted by Crippen LogP contribution is 2.43. The Labute approximate surface area is 351 Å². The van der Waals surface area contributed by atoms with Crippen molar-refractivity contribution in [1.29, 1.82) is 0 Å². The zero-order valence-corrected chi connectivity index (χ0v) is 37.8. The number of rotatable bonds is 44. The highest BCUT2D eigenvalue weighted by Gasteiger charge is 2.27. The van der Waals surface area contributed by atoms with Crippen molar-refractivity contribution in [3.05, 3.63) is 36.5 Å². The second-order valence-corrected chi connectivity index (χ2v) is 17.6. The summed E-state index contributed by atoms with van der Waals surface area (Å²) in [5.74, 6) is -0.457. The molecule has 0 aliphatic heterocycles. The van der Waals surface area contributed by atoms with Gasteiger partial charge in [-0.05, 0) is 44.9 Å². The molecule has 336 valence electrons. The van der Waals surface area contributed by atoms with E-state index in [9.17, 15) is 24.5 Å². The summed E-state index contributed by atoms with van der Waals surface area (Å²) in [6.45, 7) is 3.95. The van der Waals surface area contributed by atoms with Crippen molar-refractivity contribution >= 4 is 13.7 Å². The summed E-state index contributed by atoms with van der Waals surface area (Å²) >= 11 is 0. The number of allylic oxidation sites excluding steroid dienone is 5. The molecule has 0 aromatic rings. The van der Waals surface area contributed by atoms with Crippen molar-refractivity contribution in [2.24, 2.45) is 5.73 Å². The molecule has 6 N–H and O–H groups in total. The molecule has 0 spiro atoms. The SMILES string of the molecule is CCCCCCCC/C=C/CC/C=C/CC/C=C/C(O)C(COP(=O)(O)OCCN)NC(=O)CC(O)CCCCCCCCCCCCCCCCCCCCC. The molecule has 0 aromatic heterocycles.